The monoisotopic (exact) mass is 429 g/mol. The first-order valence-corrected chi connectivity index (χ1v) is 9.44. The van der Waals surface area contributed by atoms with E-state index in [4.69, 9.17) is 15.9 Å². The lowest BCUT2D eigenvalue weighted by atomic mass is 9.77. The van der Waals surface area contributed by atoms with E-state index in [2.05, 4.69) is 16.2 Å². The van der Waals surface area contributed by atoms with Gasteiger partial charge in [-0.05, 0) is 36.6 Å². The predicted molar refractivity (Wildman–Crippen MR) is 108 cm³/mol. The molecule has 3 rings (SSSR count). The van der Waals surface area contributed by atoms with Crippen LogP contribution in [0.1, 0.15) is 34.8 Å². The van der Waals surface area contributed by atoms with Crippen LogP contribution in [-0.2, 0) is 9.47 Å². The zero-order chi connectivity index (χ0) is 22.6. The van der Waals surface area contributed by atoms with Gasteiger partial charge in [0.05, 0.1) is 37.7 Å². The van der Waals surface area contributed by atoms with Gasteiger partial charge in [-0.3, -0.25) is 4.98 Å². The number of anilines is 1. The molecule has 2 heterocycles. The molecule has 1 aromatic carbocycles. The average Bonchev–Trinajstić information content (AvgIpc) is 2.80. The van der Waals surface area contributed by atoms with E-state index in [0.717, 1.165) is 12.1 Å². The van der Waals surface area contributed by atoms with Gasteiger partial charge in [0.15, 0.2) is 11.6 Å². The number of pyridine rings is 1. The number of halogens is 2. The summed E-state index contributed by atoms with van der Waals surface area (Å²) >= 11 is 0. The van der Waals surface area contributed by atoms with Crippen molar-refractivity contribution in [3.63, 3.8) is 0 Å². The summed E-state index contributed by atoms with van der Waals surface area (Å²) in [6, 6.07) is 4.04. The second-order valence-electron chi connectivity index (χ2n) is 6.99. The Kier molecular flexibility index (Phi) is 6.39. The van der Waals surface area contributed by atoms with Gasteiger partial charge in [-0.25, -0.2) is 18.4 Å². The Balaban J connectivity index is 2.22. The summed E-state index contributed by atoms with van der Waals surface area (Å²) in [6.07, 6.45) is 8.88. The van der Waals surface area contributed by atoms with E-state index in [1.807, 2.05) is 0 Å². The van der Waals surface area contributed by atoms with E-state index in [1.165, 1.54) is 38.7 Å². The molecule has 2 unspecified atom stereocenters. The maximum atomic E-state index is 14.2. The number of esters is 1. The molecule has 1 amide bonds. The molecule has 162 valence electrons. The summed E-state index contributed by atoms with van der Waals surface area (Å²) in [4.78, 5) is 30.3. The largest absolute Gasteiger partial charge is 0.465 e. The first-order chi connectivity index (χ1) is 14.9. The molecule has 1 saturated heterocycles. The minimum absolute atomic E-state index is 0.218. The highest BCUT2D eigenvalue weighted by Gasteiger charge is 2.47. The SMILES string of the molecule is C#CC1(NC(=O)OC)CCCN(c2cnccc2C(=O)OC)C1c1ccc(F)c(F)c1. The highest BCUT2D eigenvalue weighted by molar-refractivity contribution is 5.95. The van der Waals surface area contributed by atoms with E-state index in [-0.39, 0.29) is 5.56 Å². The number of hydrogen-bond acceptors (Lipinski definition) is 6. The van der Waals surface area contributed by atoms with Gasteiger partial charge in [0, 0.05) is 12.7 Å². The van der Waals surface area contributed by atoms with Crippen molar-refractivity contribution in [2.75, 3.05) is 25.7 Å². The van der Waals surface area contributed by atoms with Crippen molar-refractivity contribution in [2.45, 2.75) is 24.4 Å². The Morgan fingerprint density at radius 3 is 2.68 bits per heavy atom. The van der Waals surface area contributed by atoms with Crippen LogP contribution in [0.2, 0.25) is 0 Å². The Morgan fingerprint density at radius 1 is 1.26 bits per heavy atom. The summed E-state index contributed by atoms with van der Waals surface area (Å²) in [5, 5.41) is 2.69. The number of nitrogens with one attached hydrogen (secondary N) is 1. The third-order valence-corrected chi connectivity index (χ3v) is 5.29. The molecule has 1 fully saturated rings. The lowest BCUT2D eigenvalue weighted by molar-refractivity contribution is 0.0600. The third-order valence-electron chi connectivity index (χ3n) is 5.29. The van der Waals surface area contributed by atoms with Crippen molar-refractivity contribution in [1.29, 1.82) is 0 Å². The number of piperidine rings is 1. The summed E-state index contributed by atoms with van der Waals surface area (Å²) in [5.41, 5.74) is -0.419. The maximum Gasteiger partial charge on any atom is 0.408 e. The second kappa shape index (κ2) is 9.00. The topological polar surface area (TPSA) is 80.8 Å². The van der Waals surface area contributed by atoms with E-state index in [0.29, 0.717) is 30.6 Å². The summed E-state index contributed by atoms with van der Waals surface area (Å²) in [7, 11) is 2.45. The number of aromatic nitrogens is 1. The number of hydrogen-bond donors (Lipinski definition) is 1. The van der Waals surface area contributed by atoms with Crippen molar-refractivity contribution in [1.82, 2.24) is 10.3 Å². The first-order valence-electron chi connectivity index (χ1n) is 9.44. The van der Waals surface area contributed by atoms with Gasteiger partial charge < -0.3 is 19.7 Å². The number of rotatable bonds is 4. The fourth-order valence-corrected chi connectivity index (χ4v) is 3.92. The van der Waals surface area contributed by atoms with Gasteiger partial charge in [0.1, 0.15) is 5.54 Å². The number of amides is 1. The molecule has 2 aromatic rings. The van der Waals surface area contributed by atoms with Gasteiger partial charge in [0.25, 0.3) is 0 Å². The van der Waals surface area contributed by atoms with Crippen LogP contribution in [0.4, 0.5) is 19.3 Å². The number of terminal acetylenes is 1. The summed E-state index contributed by atoms with van der Waals surface area (Å²) in [6.45, 7) is 0.408. The molecule has 1 aliphatic rings. The Hall–Kier alpha value is -3.67. The van der Waals surface area contributed by atoms with Crippen molar-refractivity contribution < 1.29 is 27.8 Å². The zero-order valence-corrected chi connectivity index (χ0v) is 17.0. The Bertz CT molecular complexity index is 1040. The molecule has 7 nitrogen and oxygen atoms in total. The van der Waals surface area contributed by atoms with Crippen LogP contribution in [0.3, 0.4) is 0 Å². The van der Waals surface area contributed by atoms with Crippen molar-refractivity contribution in [3.05, 3.63) is 59.4 Å². The molecular weight excluding hydrogens is 408 g/mol. The van der Waals surface area contributed by atoms with Gasteiger partial charge in [-0.1, -0.05) is 12.0 Å². The second-order valence-corrected chi connectivity index (χ2v) is 6.99. The van der Waals surface area contributed by atoms with Gasteiger partial charge in [0.2, 0.25) is 0 Å². The number of carbonyl (C=O) groups is 2. The lowest BCUT2D eigenvalue weighted by Gasteiger charge is -2.48. The number of ether oxygens (including phenoxy) is 2. The van der Waals surface area contributed by atoms with E-state index >= 15 is 0 Å². The molecule has 2 atom stereocenters. The number of methoxy groups -OCH3 is 2. The van der Waals surface area contributed by atoms with Crippen molar-refractivity contribution in [3.8, 4) is 12.3 Å². The number of benzene rings is 1. The molecule has 9 heteroatoms. The average molecular weight is 429 g/mol. The molecule has 0 bridgehead atoms. The van der Waals surface area contributed by atoms with Crippen molar-refractivity contribution in [2.24, 2.45) is 0 Å². The quantitative estimate of drug-likeness (QED) is 0.594. The van der Waals surface area contributed by atoms with E-state index in [1.54, 1.807) is 4.90 Å². The van der Waals surface area contributed by atoms with Gasteiger partial charge >= 0.3 is 12.1 Å². The van der Waals surface area contributed by atoms with Crippen LogP contribution in [0.5, 0.6) is 0 Å². The molecule has 1 aromatic heterocycles. The van der Waals surface area contributed by atoms with Crippen LogP contribution in [0, 0.1) is 24.0 Å². The highest BCUT2D eigenvalue weighted by atomic mass is 19.2. The van der Waals surface area contributed by atoms with E-state index in [9.17, 15) is 18.4 Å². The van der Waals surface area contributed by atoms with Crippen LogP contribution >= 0.6 is 0 Å². The van der Waals surface area contributed by atoms with Crippen LogP contribution in [0.25, 0.3) is 0 Å². The van der Waals surface area contributed by atoms with Gasteiger partial charge in [-0.15, -0.1) is 6.42 Å². The number of alkyl carbamates (subject to hydrolysis) is 1. The Labute approximate surface area is 178 Å². The molecule has 0 aliphatic carbocycles. The van der Waals surface area contributed by atoms with Crippen LogP contribution < -0.4 is 10.2 Å². The minimum Gasteiger partial charge on any atom is -0.465 e. The Morgan fingerprint density at radius 2 is 2.03 bits per heavy atom. The summed E-state index contributed by atoms with van der Waals surface area (Å²) in [5.74, 6) is -0.0587. The van der Waals surface area contributed by atoms with Gasteiger partial charge in [-0.2, -0.15) is 0 Å². The zero-order valence-electron chi connectivity index (χ0n) is 17.0. The first kappa shape index (κ1) is 22.0. The van der Waals surface area contributed by atoms with Crippen LogP contribution in [-0.4, -0.2) is 43.3 Å². The normalized spacial score (nSPS) is 20.5. The predicted octanol–water partition coefficient (Wildman–Crippen LogP) is 3.22. The number of carbonyl (C=O) groups excluding carboxylic acids is 2. The van der Waals surface area contributed by atoms with Crippen molar-refractivity contribution >= 4 is 17.7 Å². The molecule has 0 saturated carbocycles. The molecule has 1 aliphatic heterocycles. The fourth-order valence-electron chi connectivity index (χ4n) is 3.92. The molecule has 1 N–H and O–H groups in total. The molecular formula is C22H21F2N3O4. The molecule has 31 heavy (non-hydrogen) atoms. The minimum atomic E-state index is -1.33. The fraction of sp³-hybridized carbons (Fsp3) is 0.318. The van der Waals surface area contributed by atoms with E-state index < -0.39 is 35.3 Å². The highest BCUT2D eigenvalue weighted by Crippen LogP contribution is 2.43. The summed E-state index contributed by atoms with van der Waals surface area (Å²) < 4.78 is 37.4. The maximum absolute atomic E-state index is 14.2. The molecule has 0 spiro atoms. The number of nitrogens with zero attached hydrogens (tertiary/aromatic N) is 2. The standard InChI is InChI=1S/C22H21F2N3O4/c1-4-22(26-21(29)31-3)9-5-11-27(18-13-25-10-8-15(18)20(28)30-2)19(22)14-6-7-16(23)17(24)12-14/h1,6-8,10,12-13,19H,5,9,11H2,2-3H3,(H,26,29). The third kappa shape index (κ3) is 4.14. The smallest absolute Gasteiger partial charge is 0.408 e. The van der Waals surface area contributed by atoms with Crippen LogP contribution in [0.15, 0.2) is 36.7 Å². The molecule has 0 radical (unpaired) electrons. The lowest BCUT2D eigenvalue weighted by Crippen LogP contribution is -2.60.